The van der Waals surface area contributed by atoms with Crippen LogP contribution in [-0.2, 0) is 6.54 Å². The van der Waals surface area contributed by atoms with Gasteiger partial charge in [-0.25, -0.2) is 8.78 Å². The maximum absolute atomic E-state index is 13.7. The molecular formula is C14H14F2N2O2. The van der Waals surface area contributed by atoms with E-state index in [-0.39, 0.29) is 17.8 Å². The number of anilines is 1. The molecule has 20 heavy (non-hydrogen) atoms. The molecule has 106 valence electrons. The fraction of sp³-hybridized carbons (Fsp3) is 0.214. The van der Waals surface area contributed by atoms with Crippen molar-refractivity contribution in [3.63, 3.8) is 0 Å². The smallest absolute Gasteiger partial charge is 0.251 e. The fourth-order valence-corrected chi connectivity index (χ4v) is 1.73. The van der Waals surface area contributed by atoms with Crippen molar-refractivity contribution in [3.05, 3.63) is 53.5 Å². The van der Waals surface area contributed by atoms with Crippen LogP contribution < -0.4 is 10.6 Å². The second kappa shape index (κ2) is 6.18. The van der Waals surface area contributed by atoms with E-state index in [4.69, 9.17) is 4.42 Å². The first kappa shape index (κ1) is 14.0. The van der Waals surface area contributed by atoms with Gasteiger partial charge in [0.25, 0.3) is 5.91 Å². The molecule has 0 aliphatic heterocycles. The molecule has 0 spiro atoms. The molecule has 0 saturated heterocycles. The van der Waals surface area contributed by atoms with E-state index in [0.717, 1.165) is 17.7 Å². The predicted molar refractivity (Wildman–Crippen MR) is 70.4 cm³/mol. The van der Waals surface area contributed by atoms with Gasteiger partial charge in [-0.15, -0.1) is 0 Å². The number of amides is 1. The molecule has 1 aromatic heterocycles. The Balaban J connectivity index is 2.10. The molecular weight excluding hydrogens is 266 g/mol. The SMILES string of the molecule is CCNc1c(F)cc(C(=O)NCc2ccoc2)cc1F. The maximum Gasteiger partial charge on any atom is 0.251 e. The van der Waals surface area contributed by atoms with Gasteiger partial charge in [-0.05, 0) is 25.1 Å². The first-order valence-corrected chi connectivity index (χ1v) is 6.14. The number of furan rings is 1. The summed E-state index contributed by atoms with van der Waals surface area (Å²) in [5.41, 5.74) is 0.479. The summed E-state index contributed by atoms with van der Waals surface area (Å²) in [4.78, 5) is 11.8. The molecule has 1 aromatic carbocycles. The van der Waals surface area contributed by atoms with Gasteiger partial charge in [0, 0.05) is 24.2 Å². The van der Waals surface area contributed by atoms with E-state index in [2.05, 4.69) is 10.6 Å². The van der Waals surface area contributed by atoms with E-state index in [0.29, 0.717) is 6.54 Å². The first-order chi connectivity index (χ1) is 9.61. The van der Waals surface area contributed by atoms with Gasteiger partial charge in [0.15, 0.2) is 0 Å². The molecule has 2 aromatic rings. The fourth-order valence-electron chi connectivity index (χ4n) is 1.73. The van der Waals surface area contributed by atoms with Gasteiger partial charge >= 0.3 is 0 Å². The molecule has 1 amide bonds. The summed E-state index contributed by atoms with van der Waals surface area (Å²) >= 11 is 0. The highest BCUT2D eigenvalue weighted by Crippen LogP contribution is 2.20. The van der Waals surface area contributed by atoms with Crippen LogP contribution in [0.25, 0.3) is 0 Å². The lowest BCUT2D eigenvalue weighted by Crippen LogP contribution is -2.23. The van der Waals surface area contributed by atoms with Crippen molar-refractivity contribution in [1.29, 1.82) is 0 Å². The Morgan fingerprint density at radius 1 is 1.30 bits per heavy atom. The summed E-state index contributed by atoms with van der Waals surface area (Å²) < 4.78 is 32.2. The normalized spacial score (nSPS) is 10.3. The van der Waals surface area contributed by atoms with E-state index in [1.807, 2.05) is 0 Å². The van der Waals surface area contributed by atoms with Crippen molar-refractivity contribution in [2.24, 2.45) is 0 Å². The van der Waals surface area contributed by atoms with Gasteiger partial charge < -0.3 is 15.1 Å². The molecule has 2 N–H and O–H groups in total. The molecule has 4 nitrogen and oxygen atoms in total. The van der Waals surface area contributed by atoms with Crippen LogP contribution in [0.5, 0.6) is 0 Å². The van der Waals surface area contributed by atoms with Crippen molar-refractivity contribution in [1.82, 2.24) is 5.32 Å². The molecule has 0 radical (unpaired) electrons. The lowest BCUT2D eigenvalue weighted by molar-refractivity contribution is 0.0950. The minimum absolute atomic E-state index is 0.0647. The molecule has 0 fully saturated rings. The Morgan fingerprint density at radius 3 is 2.55 bits per heavy atom. The number of benzene rings is 1. The Labute approximate surface area is 114 Å². The summed E-state index contributed by atoms with van der Waals surface area (Å²) in [5, 5.41) is 5.13. The van der Waals surface area contributed by atoms with Crippen LogP contribution in [-0.4, -0.2) is 12.5 Å². The van der Waals surface area contributed by atoms with Gasteiger partial charge in [-0.1, -0.05) is 0 Å². The van der Waals surface area contributed by atoms with Gasteiger partial charge in [0.05, 0.1) is 12.5 Å². The van der Waals surface area contributed by atoms with Crippen LogP contribution in [0.3, 0.4) is 0 Å². The third-order valence-corrected chi connectivity index (χ3v) is 2.69. The number of carbonyl (C=O) groups excluding carboxylic acids is 1. The van der Waals surface area contributed by atoms with E-state index < -0.39 is 17.5 Å². The topological polar surface area (TPSA) is 54.3 Å². The number of carbonyl (C=O) groups is 1. The maximum atomic E-state index is 13.7. The van der Waals surface area contributed by atoms with E-state index in [1.165, 1.54) is 12.5 Å². The van der Waals surface area contributed by atoms with Crippen molar-refractivity contribution in [3.8, 4) is 0 Å². The van der Waals surface area contributed by atoms with Crippen LogP contribution >= 0.6 is 0 Å². The number of hydrogen-bond acceptors (Lipinski definition) is 3. The lowest BCUT2D eigenvalue weighted by Gasteiger charge is -2.09. The third-order valence-electron chi connectivity index (χ3n) is 2.69. The Hall–Kier alpha value is -2.37. The van der Waals surface area contributed by atoms with E-state index in [9.17, 15) is 13.6 Å². The Kier molecular flexibility index (Phi) is 4.34. The van der Waals surface area contributed by atoms with Crippen molar-refractivity contribution >= 4 is 11.6 Å². The van der Waals surface area contributed by atoms with Crippen molar-refractivity contribution in [2.45, 2.75) is 13.5 Å². The molecule has 0 atom stereocenters. The highest BCUT2D eigenvalue weighted by molar-refractivity contribution is 5.94. The first-order valence-electron chi connectivity index (χ1n) is 6.14. The zero-order valence-electron chi connectivity index (χ0n) is 10.9. The second-order valence-electron chi connectivity index (χ2n) is 4.16. The van der Waals surface area contributed by atoms with E-state index in [1.54, 1.807) is 13.0 Å². The largest absolute Gasteiger partial charge is 0.472 e. The number of nitrogens with one attached hydrogen (secondary N) is 2. The molecule has 0 unspecified atom stereocenters. The van der Waals surface area contributed by atoms with Crippen LogP contribution in [0.15, 0.2) is 35.1 Å². The highest BCUT2D eigenvalue weighted by Gasteiger charge is 2.14. The minimum atomic E-state index is -0.791. The monoisotopic (exact) mass is 280 g/mol. The van der Waals surface area contributed by atoms with Crippen LogP contribution in [0.4, 0.5) is 14.5 Å². The molecule has 0 aliphatic carbocycles. The molecule has 1 heterocycles. The summed E-state index contributed by atoms with van der Waals surface area (Å²) in [6, 6.07) is 3.70. The Morgan fingerprint density at radius 2 is 2.00 bits per heavy atom. The predicted octanol–water partition coefficient (Wildman–Crippen LogP) is 2.92. The average molecular weight is 280 g/mol. The van der Waals surface area contributed by atoms with Crippen molar-refractivity contribution < 1.29 is 18.0 Å². The molecule has 0 aliphatic rings. The van der Waals surface area contributed by atoms with Gasteiger partial charge in [0.1, 0.15) is 17.3 Å². The molecule has 6 heteroatoms. The number of halogens is 2. The summed E-state index contributed by atoms with van der Waals surface area (Å²) in [6.07, 6.45) is 2.96. The second-order valence-corrected chi connectivity index (χ2v) is 4.16. The third kappa shape index (κ3) is 3.14. The van der Waals surface area contributed by atoms with Gasteiger partial charge in [0.2, 0.25) is 0 Å². The minimum Gasteiger partial charge on any atom is -0.472 e. The molecule has 0 bridgehead atoms. The zero-order valence-corrected chi connectivity index (χ0v) is 10.9. The van der Waals surface area contributed by atoms with Crippen LogP contribution in [0.2, 0.25) is 0 Å². The lowest BCUT2D eigenvalue weighted by atomic mass is 10.1. The van der Waals surface area contributed by atoms with Crippen LogP contribution in [0, 0.1) is 11.6 Å². The highest BCUT2D eigenvalue weighted by atomic mass is 19.1. The standard InChI is InChI=1S/C14H14F2N2O2/c1-2-17-13-11(15)5-10(6-12(13)16)14(19)18-7-9-3-4-20-8-9/h3-6,8,17H,2,7H2,1H3,(H,18,19). The molecule has 2 rings (SSSR count). The molecule has 0 saturated carbocycles. The summed E-state index contributed by atoms with van der Waals surface area (Å²) in [6.45, 7) is 2.35. The average Bonchev–Trinajstić information content (AvgIpc) is 2.93. The number of rotatable bonds is 5. The quantitative estimate of drug-likeness (QED) is 0.885. The number of hydrogen-bond donors (Lipinski definition) is 2. The van der Waals surface area contributed by atoms with E-state index >= 15 is 0 Å². The summed E-state index contributed by atoms with van der Waals surface area (Å²) in [5.74, 6) is -2.13. The Bertz CT molecular complexity index is 574. The van der Waals surface area contributed by atoms with Crippen LogP contribution in [0.1, 0.15) is 22.8 Å². The van der Waals surface area contributed by atoms with Gasteiger partial charge in [-0.2, -0.15) is 0 Å². The van der Waals surface area contributed by atoms with Crippen molar-refractivity contribution in [2.75, 3.05) is 11.9 Å². The summed E-state index contributed by atoms with van der Waals surface area (Å²) in [7, 11) is 0. The zero-order chi connectivity index (χ0) is 14.5. The van der Waals surface area contributed by atoms with Gasteiger partial charge in [-0.3, -0.25) is 4.79 Å².